The highest BCUT2D eigenvalue weighted by Crippen LogP contribution is 2.15. The van der Waals surface area contributed by atoms with Crippen LogP contribution in [0.3, 0.4) is 0 Å². The first-order valence-corrected chi connectivity index (χ1v) is 7.98. The number of morpholine rings is 1. The highest BCUT2D eigenvalue weighted by Gasteiger charge is 2.11. The molecule has 3 rings (SSSR count). The standard InChI is InChI=1S/C19H22N2O2/c1-15-4-2-3-5-18(15)20-19(22)17-8-6-16(7-9-17)14-21-10-12-23-13-11-21/h2-9H,10-14H2,1H3,(H,20,22). The second-order valence-electron chi connectivity index (χ2n) is 5.85. The number of amides is 1. The van der Waals surface area contributed by atoms with Gasteiger partial charge in [-0.1, -0.05) is 30.3 Å². The van der Waals surface area contributed by atoms with Gasteiger partial charge in [0.1, 0.15) is 0 Å². The van der Waals surface area contributed by atoms with Crippen LogP contribution in [-0.2, 0) is 11.3 Å². The second-order valence-corrected chi connectivity index (χ2v) is 5.85. The van der Waals surface area contributed by atoms with Gasteiger partial charge in [-0.05, 0) is 36.2 Å². The van der Waals surface area contributed by atoms with Gasteiger partial charge >= 0.3 is 0 Å². The third-order valence-electron chi connectivity index (χ3n) is 4.12. The fraction of sp³-hybridized carbons (Fsp3) is 0.316. The lowest BCUT2D eigenvalue weighted by molar-refractivity contribution is 0.0342. The molecule has 2 aromatic carbocycles. The molecule has 120 valence electrons. The highest BCUT2D eigenvalue weighted by atomic mass is 16.5. The summed E-state index contributed by atoms with van der Waals surface area (Å²) in [7, 11) is 0. The second kappa shape index (κ2) is 7.40. The summed E-state index contributed by atoms with van der Waals surface area (Å²) in [5.74, 6) is -0.0720. The van der Waals surface area contributed by atoms with Gasteiger partial charge in [-0.2, -0.15) is 0 Å². The molecule has 1 N–H and O–H groups in total. The molecule has 1 fully saturated rings. The van der Waals surface area contributed by atoms with E-state index in [9.17, 15) is 4.79 Å². The Hall–Kier alpha value is -2.17. The lowest BCUT2D eigenvalue weighted by atomic mass is 10.1. The molecule has 1 aliphatic heterocycles. The van der Waals surface area contributed by atoms with Crippen molar-refractivity contribution in [3.05, 3.63) is 65.2 Å². The molecule has 0 aromatic heterocycles. The summed E-state index contributed by atoms with van der Waals surface area (Å²) in [5.41, 5.74) is 3.82. The SMILES string of the molecule is Cc1ccccc1NC(=O)c1ccc(CN2CCOCC2)cc1. The van der Waals surface area contributed by atoms with E-state index in [4.69, 9.17) is 4.74 Å². The lowest BCUT2D eigenvalue weighted by Crippen LogP contribution is -2.35. The predicted octanol–water partition coefficient (Wildman–Crippen LogP) is 3.08. The third kappa shape index (κ3) is 4.18. The molecule has 0 spiro atoms. The molecule has 4 nitrogen and oxygen atoms in total. The fourth-order valence-electron chi connectivity index (χ4n) is 2.69. The van der Waals surface area contributed by atoms with Gasteiger partial charge in [0.25, 0.3) is 5.91 Å². The van der Waals surface area contributed by atoms with Crippen molar-refractivity contribution in [3.8, 4) is 0 Å². The van der Waals surface area contributed by atoms with Crippen molar-refractivity contribution in [1.29, 1.82) is 0 Å². The number of ether oxygens (including phenoxy) is 1. The maximum absolute atomic E-state index is 12.3. The minimum atomic E-state index is -0.0720. The number of hydrogen-bond donors (Lipinski definition) is 1. The van der Waals surface area contributed by atoms with Crippen molar-refractivity contribution < 1.29 is 9.53 Å². The molecule has 0 radical (unpaired) electrons. The van der Waals surface area contributed by atoms with Crippen LogP contribution < -0.4 is 5.32 Å². The summed E-state index contributed by atoms with van der Waals surface area (Å²) in [6, 6.07) is 15.6. The molecule has 0 bridgehead atoms. The number of rotatable bonds is 4. The summed E-state index contributed by atoms with van der Waals surface area (Å²) in [4.78, 5) is 14.7. The van der Waals surface area contributed by atoms with Crippen LogP contribution in [-0.4, -0.2) is 37.1 Å². The zero-order valence-electron chi connectivity index (χ0n) is 13.4. The van der Waals surface area contributed by atoms with Crippen LogP contribution in [0.25, 0.3) is 0 Å². The third-order valence-corrected chi connectivity index (χ3v) is 4.12. The average Bonchev–Trinajstić information content (AvgIpc) is 2.58. The highest BCUT2D eigenvalue weighted by molar-refractivity contribution is 6.04. The molecule has 2 aromatic rings. The summed E-state index contributed by atoms with van der Waals surface area (Å²) in [6.07, 6.45) is 0. The molecular formula is C19H22N2O2. The molecule has 0 aliphatic carbocycles. The van der Waals surface area contributed by atoms with Crippen molar-refractivity contribution in [3.63, 3.8) is 0 Å². The topological polar surface area (TPSA) is 41.6 Å². The molecular weight excluding hydrogens is 288 g/mol. The van der Waals surface area contributed by atoms with Crippen LogP contribution >= 0.6 is 0 Å². The van der Waals surface area contributed by atoms with Crippen molar-refractivity contribution >= 4 is 11.6 Å². The van der Waals surface area contributed by atoms with Gasteiger partial charge in [-0.25, -0.2) is 0 Å². The molecule has 1 aliphatic rings. The van der Waals surface area contributed by atoms with Crippen molar-refractivity contribution in [1.82, 2.24) is 4.90 Å². The smallest absolute Gasteiger partial charge is 0.255 e. The Morgan fingerprint density at radius 1 is 1.09 bits per heavy atom. The van der Waals surface area contributed by atoms with E-state index in [0.29, 0.717) is 5.56 Å². The van der Waals surface area contributed by atoms with E-state index in [1.807, 2.05) is 55.5 Å². The molecule has 1 amide bonds. The number of benzene rings is 2. The Labute approximate surface area is 137 Å². The zero-order chi connectivity index (χ0) is 16.1. The number of hydrogen-bond acceptors (Lipinski definition) is 3. The Kier molecular flexibility index (Phi) is 5.05. The lowest BCUT2D eigenvalue weighted by Gasteiger charge is -2.26. The van der Waals surface area contributed by atoms with E-state index in [1.165, 1.54) is 5.56 Å². The first-order valence-electron chi connectivity index (χ1n) is 7.98. The van der Waals surface area contributed by atoms with Gasteiger partial charge in [0.05, 0.1) is 13.2 Å². The summed E-state index contributed by atoms with van der Waals surface area (Å²) < 4.78 is 5.36. The Morgan fingerprint density at radius 2 is 1.78 bits per heavy atom. The van der Waals surface area contributed by atoms with Crippen molar-refractivity contribution in [2.75, 3.05) is 31.6 Å². The van der Waals surface area contributed by atoms with Crippen LogP contribution in [0.15, 0.2) is 48.5 Å². The van der Waals surface area contributed by atoms with Crippen LogP contribution in [0.4, 0.5) is 5.69 Å². The number of carbonyl (C=O) groups excluding carboxylic acids is 1. The van der Waals surface area contributed by atoms with Gasteiger partial charge in [-0.15, -0.1) is 0 Å². The van der Waals surface area contributed by atoms with E-state index in [1.54, 1.807) is 0 Å². The minimum Gasteiger partial charge on any atom is -0.379 e. The van der Waals surface area contributed by atoms with Gasteiger partial charge in [0.15, 0.2) is 0 Å². The molecule has 0 atom stereocenters. The van der Waals surface area contributed by atoms with Crippen LogP contribution in [0.1, 0.15) is 21.5 Å². The van der Waals surface area contributed by atoms with E-state index in [-0.39, 0.29) is 5.91 Å². The minimum absolute atomic E-state index is 0.0720. The quantitative estimate of drug-likeness (QED) is 0.943. The zero-order valence-corrected chi connectivity index (χ0v) is 13.4. The largest absolute Gasteiger partial charge is 0.379 e. The van der Waals surface area contributed by atoms with Gasteiger partial charge in [-0.3, -0.25) is 9.69 Å². The molecule has 23 heavy (non-hydrogen) atoms. The Bertz CT molecular complexity index is 661. The Morgan fingerprint density at radius 3 is 2.48 bits per heavy atom. The summed E-state index contributed by atoms with van der Waals surface area (Å²) in [5, 5.41) is 2.96. The summed E-state index contributed by atoms with van der Waals surface area (Å²) in [6.45, 7) is 6.43. The first kappa shape index (κ1) is 15.7. The fourth-order valence-corrected chi connectivity index (χ4v) is 2.69. The summed E-state index contributed by atoms with van der Waals surface area (Å²) >= 11 is 0. The number of nitrogens with zero attached hydrogens (tertiary/aromatic N) is 1. The van der Waals surface area contributed by atoms with E-state index >= 15 is 0 Å². The van der Waals surface area contributed by atoms with Crippen molar-refractivity contribution in [2.45, 2.75) is 13.5 Å². The van der Waals surface area contributed by atoms with E-state index < -0.39 is 0 Å². The predicted molar refractivity (Wildman–Crippen MR) is 91.7 cm³/mol. The maximum Gasteiger partial charge on any atom is 0.255 e. The molecule has 0 saturated carbocycles. The van der Waals surface area contributed by atoms with Gasteiger partial charge in [0.2, 0.25) is 0 Å². The van der Waals surface area contributed by atoms with Gasteiger partial charge < -0.3 is 10.1 Å². The number of anilines is 1. The maximum atomic E-state index is 12.3. The van der Waals surface area contributed by atoms with Crippen molar-refractivity contribution in [2.24, 2.45) is 0 Å². The molecule has 0 unspecified atom stereocenters. The van der Waals surface area contributed by atoms with Crippen LogP contribution in [0.5, 0.6) is 0 Å². The van der Waals surface area contributed by atoms with Gasteiger partial charge in [0, 0.05) is 30.9 Å². The normalized spacial score (nSPS) is 15.3. The number of carbonyl (C=O) groups is 1. The first-order chi connectivity index (χ1) is 11.2. The van der Waals surface area contributed by atoms with E-state index in [2.05, 4.69) is 10.2 Å². The average molecular weight is 310 g/mol. The van der Waals surface area contributed by atoms with Crippen LogP contribution in [0, 0.1) is 6.92 Å². The molecule has 1 heterocycles. The number of aryl methyl sites for hydroxylation is 1. The monoisotopic (exact) mass is 310 g/mol. The number of para-hydroxylation sites is 1. The van der Waals surface area contributed by atoms with E-state index in [0.717, 1.165) is 44.1 Å². The Balaban J connectivity index is 1.62. The number of nitrogens with one attached hydrogen (secondary N) is 1. The molecule has 1 saturated heterocycles. The van der Waals surface area contributed by atoms with Crippen LogP contribution in [0.2, 0.25) is 0 Å². The molecule has 4 heteroatoms.